The summed E-state index contributed by atoms with van der Waals surface area (Å²) in [4.78, 5) is 51.6. The molecule has 1 amide bonds. The van der Waals surface area contributed by atoms with Crippen LogP contribution in [0, 0.1) is 38.3 Å². The van der Waals surface area contributed by atoms with Gasteiger partial charge in [0, 0.05) is 60.6 Å². The fourth-order valence-corrected chi connectivity index (χ4v) is 10.2. The van der Waals surface area contributed by atoms with Crippen molar-refractivity contribution in [2.24, 2.45) is 13.0 Å². The van der Waals surface area contributed by atoms with Crippen molar-refractivity contribution in [3.8, 4) is 34.2 Å². The van der Waals surface area contributed by atoms with Gasteiger partial charge in [-0.2, -0.15) is 10.2 Å². The van der Waals surface area contributed by atoms with Crippen LogP contribution in [0.5, 0.6) is 5.88 Å². The summed E-state index contributed by atoms with van der Waals surface area (Å²) in [6.07, 6.45) is 7.04. The summed E-state index contributed by atoms with van der Waals surface area (Å²) in [7, 11) is 3.29. The van der Waals surface area contributed by atoms with E-state index < -0.39 is 28.8 Å². The molecule has 334 valence electrons. The number of imidazole rings is 1. The first-order chi connectivity index (χ1) is 31.7. The highest BCUT2D eigenvalue weighted by molar-refractivity contribution is 6.01. The van der Waals surface area contributed by atoms with Crippen molar-refractivity contribution in [2.45, 2.75) is 59.0 Å². The lowest BCUT2D eigenvalue weighted by atomic mass is 9.98. The zero-order chi connectivity index (χ0) is 46.1. The highest BCUT2D eigenvalue weighted by Crippen LogP contribution is 2.56. The van der Waals surface area contributed by atoms with Crippen molar-refractivity contribution < 1.29 is 22.8 Å². The number of fused-ring (bicyclic) bond motifs is 3. The molecule has 3 atom stereocenters. The number of halogens is 2. The molecule has 6 aromatic heterocycles. The molecule has 1 aliphatic heterocycles. The lowest BCUT2D eigenvalue weighted by molar-refractivity contribution is 0.0663. The number of rotatable bonds is 8. The Bertz CT molecular complexity index is 3600. The number of aromatic amines is 1. The van der Waals surface area contributed by atoms with E-state index in [1.54, 1.807) is 72.9 Å². The minimum absolute atomic E-state index is 0.0309. The highest BCUT2D eigenvalue weighted by atomic mass is 19.1. The zero-order valence-corrected chi connectivity index (χ0v) is 37.1. The summed E-state index contributed by atoms with van der Waals surface area (Å²) in [5.41, 5.74) is 5.40. The fourth-order valence-electron chi connectivity index (χ4n) is 10.2. The average molecular weight is 892 g/mol. The molecule has 16 nitrogen and oxygen atoms in total. The summed E-state index contributed by atoms with van der Waals surface area (Å²) in [5.74, 6) is -0.863. The number of methoxy groups -OCH3 is 1. The van der Waals surface area contributed by atoms with E-state index in [1.807, 2.05) is 55.7 Å². The molecule has 0 saturated heterocycles. The van der Waals surface area contributed by atoms with Gasteiger partial charge in [-0.05, 0) is 111 Å². The molecule has 66 heavy (non-hydrogen) atoms. The molecular formula is C48H43F2N11O5. The number of nitrogens with one attached hydrogen (secondary N) is 1. The summed E-state index contributed by atoms with van der Waals surface area (Å²) in [6, 6.07) is 15.7. The molecule has 3 aromatic carbocycles. The van der Waals surface area contributed by atoms with Gasteiger partial charge in [-0.3, -0.25) is 28.1 Å². The average Bonchev–Trinajstić information content (AvgIpc) is 3.93. The lowest BCUT2D eigenvalue weighted by Gasteiger charge is -2.34. The lowest BCUT2D eigenvalue weighted by Crippen LogP contribution is -2.41. The van der Waals surface area contributed by atoms with Crippen molar-refractivity contribution >= 4 is 27.7 Å². The molecule has 1 aliphatic carbocycles. The predicted molar refractivity (Wildman–Crippen MR) is 240 cm³/mol. The SMILES string of the molecule is COc1nccc(-c2ccc3c(c2)cc(C(=O)N2CCc4nn(-c5cc(C)c(F)c(C)c5)c(-n5ccn(-c6ccc7c(cnn7C)c6F)c5=O)c4[C@@H]2C)n3[C@@]2(c3noc(=O)[nH]3)C[C@@H]2C)c1C. The second-order valence-corrected chi connectivity index (χ2v) is 17.4. The van der Waals surface area contributed by atoms with Crippen LogP contribution in [0.4, 0.5) is 8.78 Å². The number of benzene rings is 3. The van der Waals surface area contributed by atoms with Gasteiger partial charge in [0.05, 0.1) is 47.3 Å². The number of pyridine rings is 1. The Morgan fingerprint density at radius 1 is 0.955 bits per heavy atom. The fraction of sp³-hybridized carbons (Fsp3) is 0.271. The van der Waals surface area contributed by atoms with Gasteiger partial charge >= 0.3 is 11.4 Å². The van der Waals surface area contributed by atoms with Gasteiger partial charge in [-0.25, -0.2) is 28.0 Å². The first-order valence-corrected chi connectivity index (χ1v) is 21.5. The molecule has 1 N–H and O–H groups in total. The van der Waals surface area contributed by atoms with E-state index in [0.29, 0.717) is 69.6 Å². The minimum atomic E-state index is -0.904. The minimum Gasteiger partial charge on any atom is -0.481 e. The van der Waals surface area contributed by atoms with Crippen LogP contribution in [0.3, 0.4) is 0 Å². The number of nitrogens with zero attached hydrogens (tertiary/aromatic N) is 10. The van der Waals surface area contributed by atoms with Crippen LogP contribution >= 0.6 is 0 Å². The maximum Gasteiger partial charge on any atom is 0.438 e. The standard InChI is InChI=1S/C48H43F2N11O5/c1-24-18-31(19-25(2)40(24)49)61-43(59-17-16-58(47(59)64)37-11-10-36-33(41(37)50)23-52-56(36)6)39-28(5)57(15-13-34(39)54-61)44(62)38-21-30-20-29(32-12-14-51-42(65-7)27(32)4)8-9-35(30)60(38)48(22-26(48)3)45-53-46(63)66-55-45/h8-12,14,16-21,23,26,28H,13,15,22H2,1-7H3,(H,53,55,63)/t26-,28-,48-/m0/s1. The molecule has 1 saturated carbocycles. The normalized spacial score (nSPS) is 18.1. The van der Waals surface area contributed by atoms with Crippen LogP contribution in [-0.4, -0.2) is 72.8 Å². The van der Waals surface area contributed by atoms with Crippen LogP contribution < -0.4 is 16.2 Å². The van der Waals surface area contributed by atoms with Crippen LogP contribution in [-0.2, 0) is 19.0 Å². The number of amides is 1. The first-order valence-electron chi connectivity index (χ1n) is 21.5. The van der Waals surface area contributed by atoms with E-state index >= 15 is 13.6 Å². The summed E-state index contributed by atoms with van der Waals surface area (Å²) >= 11 is 0. The molecule has 0 spiro atoms. The Morgan fingerprint density at radius 2 is 1.70 bits per heavy atom. The molecular weight excluding hydrogens is 849 g/mol. The zero-order valence-electron chi connectivity index (χ0n) is 37.1. The van der Waals surface area contributed by atoms with Crippen molar-refractivity contribution in [1.82, 2.24) is 53.3 Å². The van der Waals surface area contributed by atoms with Crippen molar-refractivity contribution in [3.05, 3.63) is 152 Å². The Kier molecular flexibility index (Phi) is 9.02. The van der Waals surface area contributed by atoms with Gasteiger partial charge < -0.3 is 14.2 Å². The third kappa shape index (κ3) is 5.82. The Balaban J connectivity index is 1.07. The topological polar surface area (TPSA) is 169 Å². The van der Waals surface area contributed by atoms with Gasteiger partial charge in [-0.1, -0.05) is 18.1 Å². The van der Waals surface area contributed by atoms with E-state index in [2.05, 4.69) is 20.2 Å². The maximum atomic E-state index is 16.1. The first kappa shape index (κ1) is 40.9. The molecule has 7 heterocycles. The maximum absolute atomic E-state index is 16.1. The van der Waals surface area contributed by atoms with Gasteiger partial charge in [0.25, 0.3) is 5.91 Å². The van der Waals surface area contributed by atoms with E-state index in [-0.39, 0.29) is 35.3 Å². The van der Waals surface area contributed by atoms with Crippen LogP contribution in [0.15, 0.2) is 93.5 Å². The molecule has 11 rings (SSSR count). The van der Waals surface area contributed by atoms with Gasteiger partial charge in [-0.15, -0.1) is 0 Å². The van der Waals surface area contributed by atoms with Crippen molar-refractivity contribution in [2.75, 3.05) is 13.7 Å². The molecule has 0 unspecified atom stereocenters. The third-order valence-electron chi connectivity index (χ3n) is 13.7. The summed E-state index contributed by atoms with van der Waals surface area (Å²) in [5, 5.41) is 14.4. The molecule has 9 aromatic rings. The number of ether oxygens (including phenoxy) is 1. The highest BCUT2D eigenvalue weighted by Gasteiger charge is 2.59. The van der Waals surface area contributed by atoms with Gasteiger partial charge in [0.1, 0.15) is 22.9 Å². The number of hydrogen-bond acceptors (Lipinski definition) is 9. The van der Waals surface area contributed by atoms with E-state index in [4.69, 9.17) is 14.4 Å². The number of hydrogen-bond donors (Lipinski definition) is 1. The quantitative estimate of drug-likeness (QED) is 0.167. The van der Waals surface area contributed by atoms with E-state index in [1.165, 1.54) is 27.6 Å². The second kappa shape index (κ2) is 14.6. The Labute approximate surface area is 374 Å². The molecule has 1 fully saturated rings. The molecule has 0 bridgehead atoms. The van der Waals surface area contributed by atoms with Gasteiger partial charge in [0.2, 0.25) is 5.88 Å². The smallest absolute Gasteiger partial charge is 0.438 e. The number of H-pyrrole nitrogens is 1. The number of carbonyl (C=O) groups excluding carboxylic acids is 1. The largest absolute Gasteiger partial charge is 0.481 e. The molecule has 18 heteroatoms. The number of carbonyl (C=O) groups is 1. The van der Waals surface area contributed by atoms with Gasteiger partial charge in [0.15, 0.2) is 11.6 Å². The predicted octanol–water partition coefficient (Wildman–Crippen LogP) is 7.15. The van der Waals surface area contributed by atoms with Crippen LogP contribution in [0.25, 0.3) is 50.1 Å². The van der Waals surface area contributed by atoms with E-state index in [9.17, 15) is 9.59 Å². The Morgan fingerprint density at radius 3 is 2.41 bits per heavy atom. The summed E-state index contributed by atoms with van der Waals surface area (Å²) < 4.78 is 49.6. The van der Waals surface area contributed by atoms with E-state index in [0.717, 1.165) is 27.6 Å². The third-order valence-corrected chi connectivity index (χ3v) is 13.7. The van der Waals surface area contributed by atoms with Crippen LogP contribution in [0.2, 0.25) is 0 Å². The monoisotopic (exact) mass is 891 g/mol. The molecule has 2 aliphatic rings. The number of aryl methyl sites for hydroxylation is 3. The second-order valence-electron chi connectivity index (χ2n) is 17.4. The number of aromatic nitrogens is 10. The van der Waals surface area contributed by atoms with Crippen LogP contribution in [0.1, 0.15) is 70.6 Å². The molecule has 0 radical (unpaired) electrons. The van der Waals surface area contributed by atoms with Crippen molar-refractivity contribution in [1.29, 1.82) is 0 Å². The van der Waals surface area contributed by atoms with Crippen molar-refractivity contribution in [3.63, 3.8) is 0 Å². The summed E-state index contributed by atoms with van der Waals surface area (Å²) in [6.45, 7) is 9.46. The Hall–Kier alpha value is -7.89.